The van der Waals surface area contributed by atoms with Crippen LogP contribution in [0, 0.1) is 5.82 Å². The molecule has 8 heteroatoms. The number of sulfonamides is 1. The van der Waals surface area contributed by atoms with E-state index in [4.69, 9.17) is 4.74 Å². The Kier molecular flexibility index (Phi) is 7.04. The van der Waals surface area contributed by atoms with E-state index in [9.17, 15) is 12.8 Å². The second kappa shape index (κ2) is 8.04. The van der Waals surface area contributed by atoms with Crippen LogP contribution in [-0.4, -0.2) is 53.7 Å². The minimum atomic E-state index is -3.68. The molecule has 114 valence electrons. The molecule has 0 bridgehead atoms. The molecule has 0 radical (unpaired) electrons. The largest absolute Gasteiger partial charge is 0.383 e. The number of likely N-dealkylation sites (N-methyl/N-ethyl adjacent to an activating group) is 1. The van der Waals surface area contributed by atoms with Gasteiger partial charge in [0.15, 0.2) is 0 Å². The molecule has 1 aromatic rings. The lowest BCUT2D eigenvalue weighted by molar-refractivity contribution is 0.162. The Labute approximate surface area is 127 Å². The SMILES string of the molecule is COCCN(C)CCNS(=O)(=O)c1ccc(Br)c(F)c1. The number of ether oxygens (including phenoxy) is 1. The van der Waals surface area contributed by atoms with Crippen LogP contribution in [0.1, 0.15) is 0 Å². The topological polar surface area (TPSA) is 58.6 Å². The van der Waals surface area contributed by atoms with Crippen LogP contribution in [-0.2, 0) is 14.8 Å². The highest BCUT2D eigenvalue weighted by Crippen LogP contribution is 2.19. The van der Waals surface area contributed by atoms with Crippen molar-refractivity contribution in [3.05, 3.63) is 28.5 Å². The van der Waals surface area contributed by atoms with Gasteiger partial charge in [0.1, 0.15) is 5.82 Å². The quantitative estimate of drug-likeness (QED) is 0.754. The number of rotatable bonds is 8. The fourth-order valence-electron chi connectivity index (χ4n) is 1.46. The van der Waals surface area contributed by atoms with Gasteiger partial charge in [-0.2, -0.15) is 0 Å². The molecule has 1 aromatic carbocycles. The second-order valence-corrected chi connectivity index (χ2v) is 6.89. The first-order chi connectivity index (χ1) is 9.36. The molecule has 0 spiro atoms. The normalized spacial score (nSPS) is 12.1. The zero-order valence-electron chi connectivity index (χ0n) is 11.4. The molecule has 0 heterocycles. The third-order valence-electron chi connectivity index (χ3n) is 2.66. The molecule has 0 aromatic heterocycles. The summed E-state index contributed by atoms with van der Waals surface area (Å²) in [5.74, 6) is -0.606. The molecule has 20 heavy (non-hydrogen) atoms. The van der Waals surface area contributed by atoms with E-state index in [0.29, 0.717) is 19.7 Å². The predicted octanol–water partition coefficient (Wildman–Crippen LogP) is 1.44. The van der Waals surface area contributed by atoms with Crippen LogP contribution >= 0.6 is 15.9 Å². The number of hydrogen-bond donors (Lipinski definition) is 1. The van der Waals surface area contributed by atoms with E-state index in [-0.39, 0.29) is 15.9 Å². The number of halogens is 2. The molecule has 1 N–H and O–H groups in total. The van der Waals surface area contributed by atoms with Gasteiger partial charge in [-0.05, 0) is 41.2 Å². The van der Waals surface area contributed by atoms with Crippen LogP contribution in [0.15, 0.2) is 27.6 Å². The Bertz CT molecular complexity index is 540. The van der Waals surface area contributed by atoms with E-state index in [0.717, 1.165) is 6.07 Å². The van der Waals surface area contributed by atoms with Gasteiger partial charge in [0, 0.05) is 26.7 Å². The van der Waals surface area contributed by atoms with E-state index in [1.807, 2.05) is 11.9 Å². The minimum absolute atomic E-state index is 0.0854. The van der Waals surface area contributed by atoms with Gasteiger partial charge in [-0.15, -0.1) is 0 Å². The fraction of sp³-hybridized carbons (Fsp3) is 0.500. The molecule has 0 aliphatic rings. The van der Waals surface area contributed by atoms with Gasteiger partial charge < -0.3 is 9.64 Å². The third kappa shape index (κ3) is 5.45. The summed E-state index contributed by atoms with van der Waals surface area (Å²) >= 11 is 2.98. The van der Waals surface area contributed by atoms with Gasteiger partial charge >= 0.3 is 0 Å². The average Bonchev–Trinajstić information content (AvgIpc) is 2.39. The van der Waals surface area contributed by atoms with Crippen molar-refractivity contribution in [1.82, 2.24) is 9.62 Å². The number of benzene rings is 1. The van der Waals surface area contributed by atoms with Crippen LogP contribution in [0.25, 0.3) is 0 Å². The van der Waals surface area contributed by atoms with E-state index in [1.165, 1.54) is 12.1 Å². The van der Waals surface area contributed by atoms with Crippen molar-refractivity contribution in [1.29, 1.82) is 0 Å². The van der Waals surface area contributed by atoms with E-state index in [1.54, 1.807) is 7.11 Å². The first-order valence-electron chi connectivity index (χ1n) is 5.99. The number of nitrogens with one attached hydrogen (secondary N) is 1. The summed E-state index contributed by atoms with van der Waals surface area (Å²) in [6.45, 7) is 2.09. The maximum atomic E-state index is 13.3. The van der Waals surface area contributed by atoms with E-state index < -0.39 is 15.8 Å². The molecule has 1 rings (SSSR count). The first-order valence-corrected chi connectivity index (χ1v) is 8.26. The summed E-state index contributed by atoms with van der Waals surface area (Å²) in [5.41, 5.74) is 0. The van der Waals surface area contributed by atoms with Crippen LogP contribution in [0.2, 0.25) is 0 Å². The molecular formula is C12H18BrFN2O3S. The average molecular weight is 369 g/mol. The summed E-state index contributed by atoms with van der Waals surface area (Å²) in [6, 6.07) is 3.71. The van der Waals surface area contributed by atoms with Gasteiger partial charge in [-0.3, -0.25) is 0 Å². The van der Waals surface area contributed by atoms with Crippen molar-refractivity contribution < 1.29 is 17.5 Å². The molecular weight excluding hydrogens is 351 g/mol. The molecule has 0 aliphatic heterocycles. The molecule has 5 nitrogen and oxygen atoms in total. The lowest BCUT2D eigenvalue weighted by Gasteiger charge is -2.16. The molecule has 0 unspecified atom stereocenters. The standard InChI is InChI=1S/C12H18BrFN2O3S/c1-16(7-8-19-2)6-5-15-20(17,18)10-3-4-11(13)12(14)9-10/h3-4,9,15H,5-8H2,1-2H3. The van der Waals surface area contributed by atoms with Crippen molar-refractivity contribution in [3.8, 4) is 0 Å². The predicted molar refractivity (Wildman–Crippen MR) is 78.7 cm³/mol. The maximum Gasteiger partial charge on any atom is 0.240 e. The lowest BCUT2D eigenvalue weighted by atomic mass is 10.3. The van der Waals surface area contributed by atoms with Crippen molar-refractivity contribution in [2.75, 3.05) is 40.4 Å². The van der Waals surface area contributed by atoms with Crippen molar-refractivity contribution in [2.45, 2.75) is 4.90 Å². The van der Waals surface area contributed by atoms with Gasteiger partial charge in [0.2, 0.25) is 10.0 Å². The first kappa shape index (κ1) is 17.5. The van der Waals surface area contributed by atoms with Gasteiger partial charge in [-0.1, -0.05) is 0 Å². The Hall–Kier alpha value is -0.540. The van der Waals surface area contributed by atoms with Gasteiger partial charge in [0.25, 0.3) is 0 Å². The number of methoxy groups -OCH3 is 1. The molecule has 0 atom stereocenters. The summed E-state index contributed by atoms with van der Waals surface area (Å²) in [4.78, 5) is 1.85. The Morgan fingerprint density at radius 3 is 2.70 bits per heavy atom. The minimum Gasteiger partial charge on any atom is -0.383 e. The summed E-state index contributed by atoms with van der Waals surface area (Å²) < 4.78 is 44.8. The van der Waals surface area contributed by atoms with Crippen molar-refractivity contribution >= 4 is 26.0 Å². The number of hydrogen-bond acceptors (Lipinski definition) is 4. The Morgan fingerprint density at radius 2 is 2.10 bits per heavy atom. The molecule has 0 aliphatic carbocycles. The monoisotopic (exact) mass is 368 g/mol. The summed E-state index contributed by atoms with van der Waals surface area (Å²) in [5, 5.41) is 0. The van der Waals surface area contributed by atoms with Crippen LogP contribution < -0.4 is 4.72 Å². The van der Waals surface area contributed by atoms with Crippen LogP contribution in [0.3, 0.4) is 0 Å². The highest BCUT2D eigenvalue weighted by molar-refractivity contribution is 9.10. The fourth-order valence-corrected chi connectivity index (χ4v) is 2.74. The molecule has 0 saturated heterocycles. The zero-order valence-corrected chi connectivity index (χ0v) is 13.8. The number of nitrogens with zero attached hydrogens (tertiary/aromatic N) is 1. The third-order valence-corrected chi connectivity index (χ3v) is 4.77. The molecule has 0 saturated carbocycles. The van der Waals surface area contributed by atoms with Crippen LogP contribution in [0.5, 0.6) is 0 Å². The van der Waals surface area contributed by atoms with Crippen molar-refractivity contribution in [3.63, 3.8) is 0 Å². The van der Waals surface area contributed by atoms with Gasteiger partial charge in [0.05, 0.1) is 16.0 Å². The van der Waals surface area contributed by atoms with Crippen LogP contribution in [0.4, 0.5) is 4.39 Å². The lowest BCUT2D eigenvalue weighted by Crippen LogP contribution is -2.34. The van der Waals surface area contributed by atoms with E-state index in [2.05, 4.69) is 20.7 Å². The summed E-state index contributed by atoms with van der Waals surface area (Å²) in [6.07, 6.45) is 0. The second-order valence-electron chi connectivity index (χ2n) is 4.27. The van der Waals surface area contributed by atoms with E-state index >= 15 is 0 Å². The summed E-state index contributed by atoms with van der Waals surface area (Å²) in [7, 11) is -0.207. The maximum absolute atomic E-state index is 13.3. The van der Waals surface area contributed by atoms with Crippen molar-refractivity contribution in [2.24, 2.45) is 0 Å². The molecule has 0 fully saturated rings. The zero-order chi connectivity index (χ0) is 15.2. The highest BCUT2D eigenvalue weighted by atomic mass is 79.9. The Morgan fingerprint density at radius 1 is 1.40 bits per heavy atom. The Balaban J connectivity index is 2.55. The molecule has 0 amide bonds. The smallest absolute Gasteiger partial charge is 0.240 e. The van der Waals surface area contributed by atoms with Gasteiger partial charge in [-0.25, -0.2) is 17.5 Å². The highest BCUT2D eigenvalue weighted by Gasteiger charge is 2.15.